The molecule has 0 spiro atoms. The van der Waals surface area contributed by atoms with Crippen molar-refractivity contribution in [3.05, 3.63) is 71.6 Å². The van der Waals surface area contributed by atoms with E-state index in [1.54, 1.807) is 42.5 Å². The summed E-state index contributed by atoms with van der Waals surface area (Å²) < 4.78 is 13.4. The molecule has 0 fully saturated rings. The van der Waals surface area contributed by atoms with Crippen LogP contribution in [0.25, 0.3) is 6.08 Å². The third kappa shape index (κ3) is 3.56. The van der Waals surface area contributed by atoms with Crippen LogP contribution < -0.4 is 5.32 Å². The van der Waals surface area contributed by atoms with E-state index in [1.807, 2.05) is 0 Å². The molecule has 0 aliphatic carbocycles. The maximum absolute atomic E-state index is 13.4. The van der Waals surface area contributed by atoms with Crippen LogP contribution in [0.1, 0.15) is 11.1 Å². The van der Waals surface area contributed by atoms with Gasteiger partial charge in [-0.25, -0.2) is 4.39 Å². The molecule has 0 atom stereocenters. The van der Waals surface area contributed by atoms with Crippen molar-refractivity contribution in [1.82, 2.24) is 0 Å². The van der Waals surface area contributed by atoms with Crippen molar-refractivity contribution in [2.75, 3.05) is 5.32 Å². The highest BCUT2D eigenvalue weighted by Gasteiger charge is 2.00. The van der Waals surface area contributed by atoms with Crippen LogP contribution in [0.3, 0.4) is 0 Å². The Labute approximate surface area is 116 Å². The number of terminal acetylenes is 1. The van der Waals surface area contributed by atoms with Crippen molar-refractivity contribution in [2.24, 2.45) is 0 Å². The van der Waals surface area contributed by atoms with Gasteiger partial charge in [-0.3, -0.25) is 4.79 Å². The Bertz CT molecular complexity index is 698. The number of halogens is 1. The Morgan fingerprint density at radius 3 is 2.75 bits per heavy atom. The molecule has 3 heteroatoms. The number of hydrogen-bond donors (Lipinski definition) is 1. The molecular weight excluding hydrogens is 253 g/mol. The number of nitrogens with one attached hydrogen (secondary N) is 1. The summed E-state index contributed by atoms with van der Waals surface area (Å²) in [6.45, 7) is 0. The highest BCUT2D eigenvalue weighted by Crippen LogP contribution is 2.11. The summed E-state index contributed by atoms with van der Waals surface area (Å²) in [6.07, 6.45) is 7.99. The van der Waals surface area contributed by atoms with E-state index < -0.39 is 0 Å². The van der Waals surface area contributed by atoms with Crippen LogP contribution in [-0.2, 0) is 4.79 Å². The molecule has 98 valence electrons. The zero-order valence-electron chi connectivity index (χ0n) is 10.6. The van der Waals surface area contributed by atoms with Gasteiger partial charge in [0.15, 0.2) is 0 Å². The summed E-state index contributed by atoms with van der Waals surface area (Å²) in [5, 5.41) is 2.66. The lowest BCUT2D eigenvalue weighted by Crippen LogP contribution is -2.07. The normalized spacial score (nSPS) is 10.2. The minimum Gasteiger partial charge on any atom is -0.322 e. The zero-order chi connectivity index (χ0) is 14.4. The van der Waals surface area contributed by atoms with E-state index in [9.17, 15) is 9.18 Å². The van der Waals surface area contributed by atoms with E-state index in [1.165, 1.54) is 18.2 Å². The standard InChI is InChI=1S/C17H12FNO/c1-2-13-6-5-8-15(12-13)19-17(20)11-10-14-7-3-4-9-16(14)18/h1,3-12H,(H,19,20)/b11-10+. The van der Waals surface area contributed by atoms with Gasteiger partial charge < -0.3 is 5.32 Å². The first kappa shape index (κ1) is 13.6. The van der Waals surface area contributed by atoms with Crippen LogP contribution in [0.5, 0.6) is 0 Å². The van der Waals surface area contributed by atoms with E-state index >= 15 is 0 Å². The fraction of sp³-hybridized carbons (Fsp3) is 0. The number of rotatable bonds is 3. The summed E-state index contributed by atoms with van der Waals surface area (Å²) in [6, 6.07) is 13.2. The zero-order valence-corrected chi connectivity index (χ0v) is 10.6. The average Bonchev–Trinajstić information content (AvgIpc) is 2.46. The van der Waals surface area contributed by atoms with E-state index in [4.69, 9.17) is 6.42 Å². The molecule has 20 heavy (non-hydrogen) atoms. The van der Waals surface area contributed by atoms with Crippen molar-refractivity contribution in [3.8, 4) is 12.3 Å². The first-order chi connectivity index (χ1) is 9.69. The number of hydrogen-bond acceptors (Lipinski definition) is 1. The Hall–Kier alpha value is -2.86. The maximum Gasteiger partial charge on any atom is 0.248 e. The van der Waals surface area contributed by atoms with Crippen molar-refractivity contribution >= 4 is 17.7 Å². The molecule has 2 aromatic rings. The monoisotopic (exact) mass is 265 g/mol. The van der Waals surface area contributed by atoms with E-state index in [-0.39, 0.29) is 11.7 Å². The van der Waals surface area contributed by atoms with E-state index in [2.05, 4.69) is 11.2 Å². The highest BCUT2D eigenvalue weighted by molar-refractivity contribution is 6.02. The van der Waals surface area contributed by atoms with Crippen LogP contribution in [-0.4, -0.2) is 5.91 Å². The number of benzene rings is 2. The van der Waals surface area contributed by atoms with E-state index in [0.29, 0.717) is 16.8 Å². The SMILES string of the molecule is C#Cc1cccc(NC(=O)/C=C/c2ccccc2F)c1. The fourth-order valence-corrected chi connectivity index (χ4v) is 1.65. The van der Waals surface area contributed by atoms with Gasteiger partial charge in [-0.15, -0.1) is 6.42 Å². The molecule has 0 heterocycles. The quantitative estimate of drug-likeness (QED) is 0.668. The molecular formula is C17H12FNO. The first-order valence-electron chi connectivity index (χ1n) is 5.99. The second-order valence-electron chi connectivity index (χ2n) is 4.07. The van der Waals surface area contributed by atoms with Crippen molar-refractivity contribution in [1.29, 1.82) is 0 Å². The molecule has 1 amide bonds. The van der Waals surface area contributed by atoms with Gasteiger partial charge in [0.2, 0.25) is 5.91 Å². The van der Waals surface area contributed by atoms with E-state index in [0.717, 1.165) is 0 Å². The molecule has 0 saturated heterocycles. The molecule has 0 radical (unpaired) electrons. The van der Waals surface area contributed by atoms with Crippen LogP contribution in [0, 0.1) is 18.2 Å². The molecule has 0 aromatic heterocycles. The lowest BCUT2D eigenvalue weighted by atomic mass is 10.2. The van der Waals surface area contributed by atoms with Gasteiger partial charge in [0.25, 0.3) is 0 Å². The van der Waals surface area contributed by atoms with Gasteiger partial charge in [-0.05, 0) is 30.3 Å². The maximum atomic E-state index is 13.4. The Morgan fingerprint density at radius 2 is 2.00 bits per heavy atom. The molecule has 0 bridgehead atoms. The molecule has 0 aliphatic heterocycles. The predicted molar refractivity (Wildman–Crippen MR) is 78.4 cm³/mol. The predicted octanol–water partition coefficient (Wildman–Crippen LogP) is 3.46. The summed E-state index contributed by atoms with van der Waals surface area (Å²) in [4.78, 5) is 11.7. The summed E-state index contributed by atoms with van der Waals surface area (Å²) in [7, 11) is 0. The molecule has 0 saturated carbocycles. The fourth-order valence-electron chi connectivity index (χ4n) is 1.65. The number of carbonyl (C=O) groups is 1. The Balaban J connectivity index is 2.06. The van der Waals surface area contributed by atoms with Crippen LogP contribution in [0.4, 0.5) is 10.1 Å². The van der Waals surface area contributed by atoms with Gasteiger partial charge in [-0.1, -0.05) is 30.2 Å². The Kier molecular flexibility index (Phi) is 4.31. The van der Waals surface area contributed by atoms with Gasteiger partial charge in [0, 0.05) is 22.9 Å². The van der Waals surface area contributed by atoms with Gasteiger partial charge in [-0.2, -0.15) is 0 Å². The lowest BCUT2D eigenvalue weighted by Gasteiger charge is -2.02. The summed E-state index contributed by atoms with van der Waals surface area (Å²) in [5.74, 6) is 1.77. The third-order valence-electron chi connectivity index (χ3n) is 2.62. The molecule has 2 nitrogen and oxygen atoms in total. The molecule has 0 unspecified atom stereocenters. The number of carbonyl (C=O) groups excluding carboxylic acids is 1. The summed E-state index contributed by atoms with van der Waals surface area (Å²) >= 11 is 0. The van der Waals surface area contributed by atoms with Crippen molar-refractivity contribution in [3.63, 3.8) is 0 Å². The minimum absolute atomic E-state index is 0.345. The second-order valence-corrected chi connectivity index (χ2v) is 4.07. The Morgan fingerprint density at radius 1 is 1.20 bits per heavy atom. The number of anilines is 1. The third-order valence-corrected chi connectivity index (χ3v) is 2.62. The topological polar surface area (TPSA) is 29.1 Å². The van der Waals surface area contributed by atoms with Crippen LogP contribution in [0.2, 0.25) is 0 Å². The average molecular weight is 265 g/mol. The second kappa shape index (κ2) is 6.35. The van der Waals surface area contributed by atoms with Crippen LogP contribution in [0.15, 0.2) is 54.6 Å². The van der Waals surface area contributed by atoms with Crippen molar-refractivity contribution in [2.45, 2.75) is 0 Å². The minimum atomic E-state index is -0.370. The van der Waals surface area contributed by atoms with Gasteiger partial charge >= 0.3 is 0 Å². The number of amides is 1. The molecule has 0 aliphatic rings. The molecule has 2 rings (SSSR count). The largest absolute Gasteiger partial charge is 0.322 e. The highest BCUT2D eigenvalue weighted by atomic mass is 19.1. The van der Waals surface area contributed by atoms with Crippen molar-refractivity contribution < 1.29 is 9.18 Å². The molecule has 2 aromatic carbocycles. The smallest absolute Gasteiger partial charge is 0.248 e. The van der Waals surface area contributed by atoms with Crippen LogP contribution >= 0.6 is 0 Å². The lowest BCUT2D eigenvalue weighted by molar-refractivity contribution is -0.111. The molecule has 1 N–H and O–H groups in total. The van der Waals surface area contributed by atoms with Gasteiger partial charge in [0.05, 0.1) is 0 Å². The summed E-state index contributed by atoms with van der Waals surface area (Å²) in [5.41, 5.74) is 1.64. The first-order valence-corrected chi connectivity index (χ1v) is 5.99. The van der Waals surface area contributed by atoms with Gasteiger partial charge in [0.1, 0.15) is 5.82 Å².